The third-order valence-electron chi connectivity index (χ3n) is 2.96. The number of nitrogens with zero attached hydrogens (tertiary/aromatic N) is 3. The van der Waals surface area contributed by atoms with Gasteiger partial charge in [0.1, 0.15) is 5.01 Å². The highest BCUT2D eigenvalue weighted by Crippen LogP contribution is 2.27. The van der Waals surface area contributed by atoms with Gasteiger partial charge in [0.05, 0.1) is 23.1 Å². The van der Waals surface area contributed by atoms with Crippen LogP contribution in [-0.2, 0) is 7.05 Å². The quantitative estimate of drug-likeness (QED) is 0.769. The van der Waals surface area contributed by atoms with Gasteiger partial charge in [0.25, 0.3) is 0 Å². The van der Waals surface area contributed by atoms with Crippen LogP contribution in [0.5, 0.6) is 0 Å². The lowest BCUT2D eigenvalue weighted by Crippen LogP contribution is -2.04. The van der Waals surface area contributed by atoms with E-state index < -0.39 is 0 Å². The summed E-state index contributed by atoms with van der Waals surface area (Å²) in [6.07, 6.45) is 1.82. The van der Waals surface area contributed by atoms with Gasteiger partial charge in [-0.25, -0.2) is 9.97 Å². The molecule has 0 spiro atoms. The second-order valence-corrected chi connectivity index (χ2v) is 5.28. The van der Waals surface area contributed by atoms with E-state index in [2.05, 4.69) is 28.2 Å². The van der Waals surface area contributed by atoms with Crippen LogP contribution >= 0.6 is 11.3 Å². The van der Waals surface area contributed by atoms with Gasteiger partial charge < -0.3 is 10.3 Å². The third kappa shape index (κ3) is 1.81. The molecule has 92 valence electrons. The van der Waals surface area contributed by atoms with E-state index in [0.717, 1.165) is 27.3 Å². The van der Waals surface area contributed by atoms with Crippen LogP contribution in [0, 0.1) is 0 Å². The van der Waals surface area contributed by atoms with Crippen LogP contribution < -0.4 is 5.73 Å². The zero-order valence-corrected chi connectivity index (χ0v) is 11.1. The first-order valence-electron chi connectivity index (χ1n) is 5.77. The molecule has 0 amide bonds. The van der Waals surface area contributed by atoms with Crippen molar-refractivity contribution >= 4 is 22.4 Å². The number of hydrogen-bond acceptors (Lipinski definition) is 4. The van der Waals surface area contributed by atoms with Crippen LogP contribution in [0.25, 0.3) is 21.6 Å². The Bertz CT molecular complexity index is 696. The van der Waals surface area contributed by atoms with E-state index in [1.54, 1.807) is 11.3 Å². The van der Waals surface area contributed by atoms with Crippen molar-refractivity contribution in [1.82, 2.24) is 14.5 Å². The Kier molecular flexibility index (Phi) is 2.65. The summed E-state index contributed by atoms with van der Waals surface area (Å²) in [6.45, 7) is 1.95. The number of rotatable bonds is 2. The smallest absolute Gasteiger partial charge is 0.123 e. The van der Waals surface area contributed by atoms with Crippen molar-refractivity contribution < 1.29 is 0 Å². The normalized spacial score (nSPS) is 13.1. The first-order valence-corrected chi connectivity index (χ1v) is 6.65. The molecule has 0 saturated heterocycles. The Hall–Kier alpha value is -1.72. The number of aromatic nitrogens is 3. The number of hydrogen-bond donors (Lipinski definition) is 1. The average molecular weight is 258 g/mol. The van der Waals surface area contributed by atoms with E-state index in [9.17, 15) is 0 Å². The molecule has 18 heavy (non-hydrogen) atoms. The number of benzene rings is 1. The van der Waals surface area contributed by atoms with E-state index in [1.807, 2.05) is 30.2 Å². The SMILES string of the molecule is CC(N)c1csc(-c2ccc3c(c2)ncn3C)n1. The second-order valence-electron chi connectivity index (χ2n) is 4.43. The fraction of sp³-hybridized carbons (Fsp3) is 0.231. The number of imidazole rings is 1. The van der Waals surface area contributed by atoms with Crippen LogP contribution in [-0.4, -0.2) is 14.5 Å². The highest BCUT2D eigenvalue weighted by atomic mass is 32.1. The second kappa shape index (κ2) is 4.19. The van der Waals surface area contributed by atoms with E-state index >= 15 is 0 Å². The molecule has 0 radical (unpaired) electrons. The molecule has 1 aromatic carbocycles. The number of aryl methyl sites for hydroxylation is 1. The molecule has 2 N–H and O–H groups in total. The van der Waals surface area contributed by atoms with Crippen molar-refractivity contribution in [1.29, 1.82) is 0 Å². The summed E-state index contributed by atoms with van der Waals surface area (Å²) in [6, 6.07) is 6.20. The fourth-order valence-electron chi connectivity index (χ4n) is 1.90. The number of fused-ring (bicyclic) bond motifs is 1. The minimum Gasteiger partial charge on any atom is -0.334 e. The molecular weight excluding hydrogens is 244 g/mol. The number of thiazole rings is 1. The molecule has 0 fully saturated rings. The van der Waals surface area contributed by atoms with Crippen LogP contribution in [0.15, 0.2) is 29.9 Å². The topological polar surface area (TPSA) is 56.7 Å². The first-order chi connectivity index (χ1) is 8.65. The average Bonchev–Trinajstić information content (AvgIpc) is 2.96. The van der Waals surface area contributed by atoms with Gasteiger partial charge in [-0.05, 0) is 25.1 Å². The number of nitrogens with two attached hydrogens (primary N) is 1. The predicted octanol–water partition coefficient (Wildman–Crippen LogP) is 2.72. The standard InChI is InChI=1S/C13H14N4S/c1-8(14)11-6-18-13(16-11)9-3-4-12-10(5-9)15-7-17(12)2/h3-8H,14H2,1-2H3. The molecule has 0 saturated carbocycles. The Morgan fingerprint density at radius 3 is 2.94 bits per heavy atom. The monoisotopic (exact) mass is 258 g/mol. The minimum atomic E-state index is -0.0198. The molecule has 0 aliphatic heterocycles. The summed E-state index contributed by atoms with van der Waals surface area (Å²) >= 11 is 1.62. The first kappa shape index (κ1) is 11.4. The maximum absolute atomic E-state index is 5.83. The van der Waals surface area contributed by atoms with Gasteiger partial charge in [-0.15, -0.1) is 11.3 Å². The van der Waals surface area contributed by atoms with Crippen molar-refractivity contribution in [3.8, 4) is 10.6 Å². The summed E-state index contributed by atoms with van der Waals surface area (Å²) in [5, 5.41) is 3.01. The summed E-state index contributed by atoms with van der Waals surface area (Å²) < 4.78 is 2.01. The van der Waals surface area contributed by atoms with E-state index in [0.29, 0.717) is 0 Å². The Labute approximate surface area is 109 Å². The third-order valence-corrected chi connectivity index (χ3v) is 3.87. The highest BCUT2D eigenvalue weighted by molar-refractivity contribution is 7.13. The van der Waals surface area contributed by atoms with E-state index in [1.165, 1.54) is 0 Å². The Morgan fingerprint density at radius 2 is 2.22 bits per heavy atom. The molecule has 1 unspecified atom stereocenters. The van der Waals surface area contributed by atoms with Gasteiger partial charge >= 0.3 is 0 Å². The lowest BCUT2D eigenvalue weighted by molar-refractivity contribution is 0.790. The summed E-state index contributed by atoms with van der Waals surface area (Å²) in [5.74, 6) is 0. The van der Waals surface area contributed by atoms with Crippen molar-refractivity contribution in [2.45, 2.75) is 13.0 Å². The van der Waals surface area contributed by atoms with Crippen molar-refractivity contribution in [2.75, 3.05) is 0 Å². The van der Waals surface area contributed by atoms with Crippen molar-refractivity contribution in [2.24, 2.45) is 12.8 Å². The van der Waals surface area contributed by atoms with Crippen molar-refractivity contribution in [3.63, 3.8) is 0 Å². The van der Waals surface area contributed by atoms with Gasteiger partial charge in [0.2, 0.25) is 0 Å². The molecule has 0 aliphatic carbocycles. The van der Waals surface area contributed by atoms with Crippen LogP contribution in [0.2, 0.25) is 0 Å². The zero-order chi connectivity index (χ0) is 12.7. The molecule has 1 atom stereocenters. The van der Waals surface area contributed by atoms with Gasteiger partial charge in [-0.3, -0.25) is 0 Å². The summed E-state index contributed by atoms with van der Waals surface area (Å²) in [4.78, 5) is 8.91. The molecule has 0 aliphatic rings. The van der Waals surface area contributed by atoms with Gasteiger partial charge in [-0.2, -0.15) is 0 Å². The molecule has 2 heterocycles. The van der Waals surface area contributed by atoms with Gasteiger partial charge in [0, 0.05) is 24.0 Å². The summed E-state index contributed by atoms with van der Waals surface area (Å²) in [7, 11) is 1.99. The highest BCUT2D eigenvalue weighted by Gasteiger charge is 2.09. The molecule has 5 heteroatoms. The molecular formula is C13H14N4S. The van der Waals surface area contributed by atoms with Crippen molar-refractivity contribution in [3.05, 3.63) is 35.6 Å². The zero-order valence-electron chi connectivity index (χ0n) is 10.3. The largest absolute Gasteiger partial charge is 0.334 e. The molecule has 3 aromatic rings. The fourth-order valence-corrected chi connectivity index (χ4v) is 2.82. The van der Waals surface area contributed by atoms with Gasteiger partial charge in [0.15, 0.2) is 0 Å². The van der Waals surface area contributed by atoms with Gasteiger partial charge in [-0.1, -0.05) is 0 Å². The Balaban J connectivity index is 2.07. The summed E-state index contributed by atoms with van der Waals surface area (Å²) in [5.41, 5.74) is 9.98. The van der Waals surface area contributed by atoms with Crippen LogP contribution in [0.4, 0.5) is 0 Å². The van der Waals surface area contributed by atoms with Crippen LogP contribution in [0.1, 0.15) is 18.7 Å². The maximum atomic E-state index is 5.83. The molecule has 2 aromatic heterocycles. The lowest BCUT2D eigenvalue weighted by Gasteiger charge is -1.99. The Morgan fingerprint density at radius 1 is 1.39 bits per heavy atom. The molecule has 3 rings (SSSR count). The lowest BCUT2D eigenvalue weighted by atomic mass is 10.2. The van der Waals surface area contributed by atoms with E-state index in [4.69, 9.17) is 5.73 Å². The maximum Gasteiger partial charge on any atom is 0.123 e. The molecule has 0 bridgehead atoms. The molecule has 4 nitrogen and oxygen atoms in total. The minimum absolute atomic E-state index is 0.0198. The predicted molar refractivity (Wildman–Crippen MR) is 74.4 cm³/mol. The van der Waals surface area contributed by atoms with Crippen LogP contribution in [0.3, 0.4) is 0 Å². The van der Waals surface area contributed by atoms with E-state index in [-0.39, 0.29) is 6.04 Å².